The molecule has 0 amide bonds. The van der Waals surface area contributed by atoms with Gasteiger partial charge in [0.05, 0.1) is 13.0 Å². The molecule has 1 rings (SSSR count). The summed E-state index contributed by atoms with van der Waals surface area (Å²) in [5, 5.41) is 8.86. The lowest BCUT2D eigenvalue weighted by Gasteiger charge is -2.28. The lowest BCUT2D eigenvalue weighted by molar-refractivity contribution is -0.137. The minimum atomic E-state index is -0.817. The second-order valence-corrected chi connectivity index (χ2v) is 4.30. The van der Waals surface area contributed by atoms with Gasteiger partial charge in [0, 0.05) is 18.7 Å². The Morgan fingerprint density at radius 2 is 2.21 bits per heavy atom. The summed E-state index contributed by atoms with van der Waals surface area (Å²) < 4.78 is 5.46. The third-order valence-electron chi connectivity index (χ3n) is 2.72. The molecule has 0 bridgehead atoms. The molecule has 0 aliphatic rings. The van der Waals surface area contributed by atoms with Gasteiger partial charge in [0.2, 0.25) is 5.88 Å². The van der Waals surface area contributed by atoms with E-state index in [0.29, 0.717) is 24.8 Å². The number of rotatable bonds is 8. The molecule has 1 unspecified atom stereocenters. The zero-order chi connectivity index (χ0) is 14.3. The first-order valence-electron chi connectivity index (χ1n) is 6.51. The van der Waals surface area contributed by atoms with Crippen LogP contribution in [0.5, 0.6) is 5.88 Å². The number of carboxylic acids is 1. The predicted molar refractivity (Wildman–Crippen MR) is 72.6 cm³/mol. The van der Waals surface area contributed by atoms with Crippen molar-refractivity contribution in [3.05, 3.63) is 12.4 Å². The summed E-state index contributed by atoms with van der Waals surface area (Å²) in [6.07, 6.45) is 2.42. The van der Waals surface area contributed by atoms with Crippen molar-refractivity contribution in [2.45, 2.75) is 39.7 Å². The maximum Gasteiger partial charge on any atom is 0.305 e. The number of aromatic nitrogens is 2. The fourth-order valence-corrected chi connectivity index (χ4v) is 1.83. The maximum atomic E-state index is 10.8. The van der Waals surface area contributed by atoms with Crippen LogP contribution in [0.25, 0.3) is 0 Å². The Morgan fingerprint density at radius 3 is 2.79 bits per heavy atom. The van der Waals surface area contributed by atoms with Crippen LogP contribution in [0.3, 0.4) is 0 Å². The first-order chi connectivity index (χ1) is 9.08. The lowest BCUT2D eigenvalue weighted by Crippen LogP contribution is -2.35. The Labute approximate surface area is 113 Å². The fraction of sp³-hybridized carbons (Fsp3) is 0.615. The van der Waals surface area contributed by atoms with Gasteiger partial charge in [-0.05, 0) is 20.3 Å². The van der Waals surface area contributed by atoms with Crippen molar-refractivity contribution < 1.29 is 14.6 Å². The molecular weight excluding hydrogens is 246 g/mol. The number of hydrogen-bond donors (Lipinski definition) is 1. The van der Waals surface area contributed by atoms with Crippen LogP contribution in [0.1, 0.15) is 33.6 Å². The van der Waals surface area contributed by atoms with E-state index >= 15 is 0 Å². The first-order valence-corrected chi connectivity index (χ1v) is 6.51. The van der Waals surface area contributed by atoms with Crippen LogP contribution in [-0.4, -0.2) is 40.2 Å². The summed E-state index contributed by atoms with van der Waals surface area (Å²) in [4.78, 5) is 20.9. The Bertz CT molecular complexity index is 412. The van der Waals surface area contributed by atoms with Crippen molar-refractivity contribution >= 4 is 11.8 Å². The zero-order valence-corrected chi connectivity index (χ0v) is 11.7. The highest BCUT2D eigenvalue weighted by molar-refractivity contribution is 5.68. The molecular formula is C13H21N3O3. The number of anilines is 1. The third kappa shape index (κ3) is 4.73. The summed E-state index contributed by atoms with van der Waals surface area (Å²) in [7, 11) is 0. The molecule has 0 aliphatic heterocycles. The Balaban J connectivity index is 2.82. The minimum Gasteiger partial charge on any atom is -0.481 e. The van der Waals surface area contributed by atoms with Gasteiger partial charge in [0.25, 0.3) is 0 Å². The van der Waals surface area contributed by atoms with Crippen LogP contribution in [0.2, 0.25) is 0 Å². The van der Waals surface area contributed by atoms with Crippen molar-refractivity contribution in [2.75, 3.05) is 18.1 Å². The normalized spacial score (nSPS) is 11.9. The van der Waals surface area contributed by atoms with Crippen LogP contribution in [0, 0.1) is 0 Å². The monoisotopic (exact) mass is 267 g/mol. The number of nitrogens with zero attached hydrogens (tertiary/aromatic N) is 3. The van der Waals surface area contributed by atoms with Gasteiger partial charge in [-0.15, -0.1) is 0 Å². The largest absolute Gasteiger partial charge is 0.481 e. The fourth-order valence-electron chi connectivity index (χ4n) is 1.83. The number of hydrogen-bond acceptors (Lipinski definition) is 5. The molecule has 1 aromatic heterocycles. The van der Waals surface area contributed by atoms with Gasteiger partial charge in [-0.2, -0.15) is 0 Å². The van der Waals surface area contributed by atoms with E-state index < -0.39 is 5.97 Å². The summed E-state index contributed by atoms with van der Waals surface area (Å²) in [5.74, 6) is 0.396. The molecule has 0 saturated carbocycles. The van der Waals surface area contributed by atoms with E-state index in [1.54, 1.807) is 6.07 Å². The predicted octanol–water partition coefficient (Wildman–Crippen LogP) is 1.95. The Hall–Kier alpha value is -1.85. The minimum absolute atomic E-state index is 0.0724. The highest BCUT2D eigenvalue weighted by Gasteiger charge is 2.17. The van der Waals surface area contributed by atoms with Crippen LogP contribution in [0.4, 0.5) is 5.82 Å². The van der Waals surface area contributed by atoms with Gasteiger partial charge in [0.1, 0.15) is 12.1 Å². The molecule has 1 heterocycles. The second kappa shape index (κ2) is 7.56. The Kier molecular flexibility index (Phi) is 6.05. The maximum absolute atomic E-state index is 10.8. The van der Waals surface area contributed by atoms with Crippen LogP contribution in [-0.2, 0) is 4.79 Å². The van der Waals surface area contributed by atoms with Crippen molar-refractivity contribution in [1.29, 1.82) is 0 Å². The molecule has 1 atom stereocenters. The molecule has 6 nitrogen and oxygen atoms in total. The Morgan fingerprint density at radius 1 is 1.47 bits per heavy atom. The quantitative estimate of drug-likeness (QED) is 0.776. The van der Waals surface area contributed by atoms with E-state index in [1.807, 2.05) is 25.7 Å². The SMILES string of the molecule is CCCOc1cc(N(CC)C(C)CC(=O)O)ncn1. The van der Waals surface area contributed by atoms with E-state index in [0.717, 1.165) is 6.42 Å². The highest BCUT2D eigenvalue weighted by atomic mass is 16.5. The van der Waals surface area contributed by atoms with E-state index in [4.69, 9.17) is 9.84 Å². The summed E-state index contributed by atoms with van der Waals surface area (Å²) in [6, 6.07) is 1.62. The van der Waals surface area contributed by atoms with Crippen molar-refractivity contribution in [3.63, 3.8) is 0 Å². The number of carboxylic acid groups (broad SMARTS) is 1. The van der Waals surface area contributed by atoms with Crippen molar-refractivity contribution in [1.82, 2.24) is 9.97 Å². The number of ether oxygens (including phenoxy) is 1. The van der Waals surface area contributed by atoms with E-state index in [-0.39, 0.29) is 12.5 Å². The van der Waals surface area contributed by atoms with Crippen molar-refractivity contribution in [2.24, 2.45) is 0 Å². The molecule has 106 valence electrons. The van der Waals surface area contributed by atoms with Crippen LogP contribution in [0.15, 0.2) is 12.4 Å². The van der Waals surface area contributed by atoms with Crippen LogP contribution < -0.4 is 9.64 Å². The molecule has 19 heavy (non-hydrogen) atoms. The summed E-state index contributed by atoms with van der Waals surface area (Å²) >= 11 is 0. The van der Waals surface area contributed by atoms with Gasteiger partial charge in [0.15, 0.2) is 0 Å². The standard InChI is InChI=1S/C13H21N3O3/c1-4-6-19-12-8-11(14-9-15-12)16(5-2)10(3)7-13(17)18/h8-10H,4-7H2,1-3H3,(H,17,18). The van der Waals surface area contributed by atoms with Crippen LogP contribution >= 0.6 is 0 Å². The first kappa shape index (κ1) is 15.2. The molecule has 6 heteroatoms. The second-order valence-electron chi connectivity index (χ2n) is 4.30. The third-order valence-corrected chi connectivity index (χ3v) is 2.72. The summed E-state index contributed by atoms with van der Waals surface area (Å²) in [5.41, 5.74) is 0. The van der Waals surface area contributed by atoms with E-state index in [2.05, 4.69) is 9.97 Å². The molecule has 0 saturated heterocycles. The van der Waals surface area contributed by atoms with E-state index in [9.17, 15) is 4.79 Å². The number of aliphatic carboxylic acids is 1. The van der Waals surface area contributed by atoms with E-state index in [1.165, 1.54) is 6.33 Å². The lowest BCUT2D eigenvalue weighted by atomic mass is 10.2. The van der Waals surface area contributed by atoms with Crippen molar-refractivity contribution in [3.8, 4) is 5.88 Å². The average molecular weight is 267 g/mol. The molecule has 0 fully saturated rings. The average Bonchev–Trinajstić information content (AvgIpc) is 2.37. The van der Waals surface area contributed by atoms with Gasteiger partial charge < -0.3 is 14.7 Å². The summed E-state index contributed by atoms with van der Waals surface area (Å²) in [6.45, 7) is 7.14. The molecule has 0 aromatic carbocycles. The molecule has 1 aromatic rings. The zero-order valence-electron chi connectivity index (χ0n) is 11.7. The number of carbonyl (C=O) groups is 1. The molecule has 1 N–H and O–H groups in total. The topological polar surface area (TPSA) is 75.5 Å². The molecule has 0 radical (unpaired) electrons. The van der Waals surface area contributed by atoms with Gasteiger partial charge in [-0.1, -0.05) is 6.92 Å². The van der Waals surface area contributed by atoms with Gasteiger partial charge in [-0.3, -0.25) is 4.79 Å². The van der Waals surface area contributed by atoms with Gasteiger partial charge in [-0.25, -0.2) is 9.97 Å². The van der Waals surface area contributed by atoms with Gasteiger partial charge >= 0.3 is 5.97 Å². The smallest absolute Gasteiger partial charge is 0.305 e. The molecule has 0 spiro atoms. The highest BCUT2D eigenvalue weighted by Crippen LogP contribution is 2.19. The molecule has 0 aliphatic carbocycles.